The van der Waals surface area contributed by atoms with Crippen LogP contribution in [-0.2, 0) is 11.3 Å². The van der Waals surface area contributed by atoms with E-state index in [0.29, 0.717) is 18.9 Å². The summed E-state index contributed by atoms with van der Waals surface area (Å²) in [5.74, 6) is 1.71. The molecule has 1 saturated carbocycles. The van der Waals surface area contributed by atoms with Gasteiger partial charge in [0.15, 0.2) is 0 Å². The Morgan fingerprint density at radius 3 is 2.65 bits per heavy atom. The Morgan fingerprint density at radius 1 is 1.19 bits per heavy atom. The van der Waals surface area contributed by atoms with E-state index in [2.05, 4.69) is 17.6 Å². The first-order valence-corrected chi connectivity index (χ1v) is 10.1. The van der Waals surface area contributed by atoms with Gasteiger partial charge in [-0.2, -0.15) is 0 Å². The number of anilines is 1. The standard InChI is InChI=1S/C21H31N3O2/c1-2-16-8-10-17(11-9-16)14-22-21(26)23-19-6-3-5-18(13-19)15-24-12-4-7-20(24)25/h3,5-6,13,16-17H,2,4,7-12,14-15H2,1H3,(H2,22,23,26). The Bertz CT molecular complexity index is 623. The maximum Gasteiger partial charge on any atom is 0.319 e. The quantitative estimate of drug-likeness (QED) is 0.803. The number of hydrogen-bond donors (Lipinski definition) is 2. The van der Waals surface area contributed by atoms with Crippen LogP contribution in [-0.4, -0.2) is 29.9 Å². The fourth-order valence-corrected chi connectivity index (χ4v) is 4.10. The molecule has 0 spiro atoms. The van der Waals surface area contributed by atoms with E-state index in [1.807, 2.05) is 29.2 Å². The number of rotatable bonds is 6. The van der Waals surface area contributed by atoms with Crippen LogP contribution in [0.5, 0.6) is 0 Å². The predicted molar refractivity (Wildman–Crippen MR) is 104 cm³/mol. The van der Waals surface area contributed by atoms with Gasteiger partial charge in [-0.15, -0.1) is 0 Å². The first-order valence-electron chi connectivity index (χ1n) is 10.1. The topological polar surface area (TPSA) is 61.4 Å². The van der Waals surface area contributed by atoms with E-state index in [4.69, 9.17) is 0 Å². The van der Waals surface area contributed by atoms with Gasteiger partial charge in [-0.25, -0.2) is 4.79 Å². The van der Waals surface area contributed by atoms with Gasteiger partial charge in [0.1, 0.15) is 0 Å². The van der Waals surface area contributed by atoms with Crippen molar-refractivity contribution in [1.29, 1.82) is 0 Å². The Labute approximate surface area is 156 Å². The summed E-state index contributed by atoms with van der Waals surface area (Å²) in [5.41, 5.74) is 1.83. The van der Waals surface area contributed by atoms with E-state index in [1.165, 1.54) is 32.1 Å². The molecule has 0 aromatic heterocycles. The summed E-state index contributed by atoms with van der Waals surface area (Å²) >= 11 is 0. The Kier molecular flexibility index (Phi) is 6.53. The average molecular weight is 357 g/mol. The maximum atomic E-state index is 12.2. The third kappa shape index (κ3) is 5.23. The molecule has 142 valence electrons. The molecule has 5 heteroatoms. The molecule has 1 heterocycles. The van der Waals surface area contributed by atoms with Crippen molar-refractivity contribution in [3.63, 3.8) is 0 Å². The molecule has 26 heavy (non-hydrogen) atoms. The molecule has 2 N–H and O–H groups in total. The molecule has 1 aromatic carbocycles. The van der Waals surface area contributed by atoms with Crippen LogP contribution in [0.3, 0.4) is 0 Å². The summed E-state index contributed by atoms with van der Waals surface area (Å²) in [6.07, 6.45) is 7.90. The van der Waals surface area contributed by atoms with Crippen LogP contribution in [0, 0.1) is 11.8 Å². The Balaban J connectivity index is 1.44. The van der Waals surface area contributed by atoms with Crippen LogP contribution in [0.2, 0.25) is 0 Å². The molecule has 0 unspecified atom stereocenters. The molecule has 1 aromatic rings. The fourth-order valence-electron chi connectivity index (χ4n) is 4.10. The van der Waals surface area contributed by atoms with E-state index >= 15 is 0 Å². The minimum Gasteiger partial charge on any atom is -0.338 e. The van der Waals surface area contributed by atoms with Crippen molar-refractivity contribution in [3.8, 4) is 0 Å². The van der Waals surface area contributed by atoms with Gasteiger partial charge in [-0.1, -0.05) is 38.3 Å². The van der Waals surface area contributed by atoms with E-state index in [0.717, 1.165) is 36.7 Å². The molecule has 2 fully saturated rings. The summed E-state index contributed by atoms with van der Waals surface area (Å²) < 4.78 is 0. The molecule has 5 nitrogen and oxygen atoms in total. The number of carbonyl (C=O) groups excluding carboxylic acids is 2. The minimum absolute atomic E-state index is 0.142. The van der Waals surface area contributed by atoms with Crippen molar-refractivity contribution in [2.45, 2.75) is 58.4 Å². The monoisotopic (exact) mass is 357 g/mol. The first kappa shape index (κ1) is 18.7. The van der Waals surface area contributed by atoms with Crippen LogP contribution in [0.15, 0.2) is 24.3 Å². The summed E-state index contributed by atoms with van der Waals surface area (Å²) in [6.45, 7) is 4.47. The molecule has 1 aliphatic heterocycles. The molecule has 1 aliphatic carbocycles. The molecule has 3 amide bonds. The second-order valence-corrected chi connectivity index (χ2v) is 7.75. The first-order chi connectivity index (χ1) is 12.6. The number of carbonyl (C=O) groups is 2. The van der Waals surface area contributed by atoms with Crippen LogP contribution in [0.1, 0.15) is 57.4 Å². The molecule has 2 aliphatic rings. The maximum absolute atomic E-state index is 12.2. The summed E-state index contributed by atoms with van der Waals surface area (Å²) in [6, 6.07) is 7.63. The normalized spacial score (nSPS) is 23.1. The van der Waals surface area contributed by atoms with Crippen LogP contribution >= 0.6 is 0 Å². The summed E-state index contributed by atoms with van der Waals surface area (Å²) in [5, 5.41) is 5.94. The number of hydrogen-bond acceptors (Lipinski definition) is 2. The molecule has 0 radical (unpaired) electrons. The smallest absolute Gasteiger partial charge is 0.319 e. The van der Waals surface area contributed by atoms with Gasteiger partial charge in [-0.05, 0) is 48.8 Å². The number of benzene rings is 1. The minimum atomic E-state index is -0.142. The van der Waals surface area contributed by atoms with Gasteiger partial charge >= 0.3 is 6.03 Å². The largest absolute Gasteiger partial charge is 0.338 e. The van der Waals surface area contributed by atoms with Crippen molar-refractivity contribution < 1.29 is 9.59 Å². The molecule has 3 rings (SSSR count). The third-order valence-electron chi connectivity index (χ3n) is 5.82. The van der Waals surface area contributed by atoms with Crippen LogP contribution in [0.25, 0.3) is 0 Å². The number of nitrogens with one attached hydrogen (secondary N) is 2. The van der Waals surface area contributed by atoms with Gasteiger partial charge < -0.3 is 15.5 Å². The highest BCUT2D eigenvalue weighted by molar-refractivity contribution is 5.89. The molecule has 0 bridgehead atoms. The van der Waals surface area contributed by atoms with Gasteiger partial charge in [0.2, 0.25) is 5.91 Å². The van der Waals surface area contributed by atoms with E-state index < -0.39 is 0 Å². The number of urea groups is 1. The lowest BCUT2D eigenvalue weighted by Crippen LogP contribution is -2.34. The Hall–Kier alpha value is -2.04. The van der Waals surface area contributed by atoms with E-state index in [9.17, 15) is 9.59 Å². The molecule has 1 saturated heterocycles. The second kappa shape index (κ2) is 9.06. The fraction of sp³-hybridized carbons (Fsp3) is 0.619. The lowest BCUT2D eigenvalue weighted by molar-refractivity contribution is -0.128. The molecular formula is C21H31N3O2. The Morgan fingerprint density at radius 2 is 1.96 bits per heavy atom. The third-order valence-corrected chi connectivity index (χ3v) is 5.82. The predicted octanol–water partition coefficient (Wildman–Crippen LogP) is 4.15. The zero-order chi connectivity index (χ0) is 18.4. The van der Waals surface area contributed by atoms with Gasteiger partial charge in [-0.3, -0.25) is 4.79 Å². The lowest BCUT2D eigenvalue weighted by atomic mass is 9.81. The zero-order valence-corrected chi connectivity index (χ0v) is 15.8. The average Bonchev–Trinajstić information content (AvgIpc) is 3.05. The van der Waals surface area contributed by atoms with Crippen molar-refractivity contribution in [3.05, 3.63) is 29.8 Å². The second-order valence-electron chi connectivity index (χ2n) is 7.75. The van der Waals surface area contributed by atoms with Crippen molar-refractivity contribution in [2.75, 3.05) is 18.4 Å². The highest BCUT2D eigenvalue weighted by atomic mass is 16.2. The SMILES string of the molecule is CCC1CCC(CNC(=O)Nc2cccc(CN3CCCC3=O)c2)CC1. The van der Waals surface area contributed by atoms with Crippen LogP contribution in [0.4, 0.5) is 10.5 Å². The molecular weight excluding hydrogens is 326 g/mol. The van der Waals surface area contributed by atoms with E-state index in [-0.39, 0.29) is 11.9 Å². The lowest BCUT2D eigenvalue weighted by Gasteiger charge is -2.27. The summed E-state index contributed by atoms with van der Waals surface area (Å²) in [7, 11) is 0. The summed E-state index contributed by atoms with van der Waals surface area (Å²) in [4.78, 5) is 25.8. The van der Waals surface area contributed by atoms with Gasteiger partial charge in [0.05, 0.1) is 0 Å². The van der Waals surface area contributed by atoms with Crippen molar-refractivity contribution in [2.24, 2.45) is 11.8 Å². The highest BCUT2D eigenvalue weighted by Gasteiger charge is 2.21. The van der Waals surface area contributed by atoms with Crippen molar-refractivity contribution >= 4 is 17.6 Å². The number of amides is 3. The van der Waals surface area contributed by atoms with Gasteiger partial charge in [0, 0.05) is 31.7 Å². The number of likely N-dealkylation sites (tertiary alicyclic amines) is 1. The van der Waals surface area contributed by atoms with Gasteiger partial charge in [0.25, 0.3) is 0 Å². The highest BCUT2D eigenvalue weighted by Crippen LogP contribution is 2.30. The van der Waals surface area contributed by atoms with Crippen LogP contribution < -0.4 is 10.6 Å². The van der Waals surface area contributed by atoms with Crippen molar-refractivity contribution in [1.82, 2.24) is 10.2 Å². The van der Waals surface area contributed by atoms with E-state index in [1.54, 1.807) is 0 Å². The molecule has 0 atom stereocenters. The number of nitrogens with zero attached hydrogens (tertiary/aromatic N) is 1. The zero-order valence-electron chi connectivity index (χ0n) is 15.8.